The predicted octanol–water partition coefficient (Wildman–Crippen LogP) is 5.04. The van der Waals surface area contributed by atoms with E-state index in [4.69, 9.17) is 4.74 Å². The van der Waals surface area contributed by atoms with E-state index < -0.39 is 6.10 Å². The van der Waals surface area contributed by atoms with Crippen LogP contribution in [0.3, 0.4) is 0 Å². The summed E-state index contributed by atoms with van der Waals surface area (Å²) in [4.78, 5) is 12.7. The molecule has 0 aromatic heterocycles. The maximum absolute atomic E-state index is 12.7. The molecule has 0 fully saturated rings. The molecule has 0 aliphatic heterocycles. The lowest BCUT2D eigenvalue weighted by molar-refractivity contribution is -0.128. The lowest BCUT2D eigenvalue weighted by atomic mass is 9.99. The predicted molar refractivity (Wildman–Crippen MR) is 103 cm³/mol. The number of hydrogen-bond donors (Lipinski definition) is 1. The molecule has 0 bridgehead atoms. The third kappa shape index (κ3) is 5.09. The molecule has 0 saturated carbocycles. The molecule has 0 heterocycles. The van der Waals surface area contributed by atoms with Gasteiger partial charge < -0.3 is 10.1 Å². The van der Waals surface area contributed by atoms with Gasteiger partial charge in [0.05, 0.1) is 6.04 Å². The molecule has 3 nitrogen and oxygen atoms in total. The smallest absolute Gasteiger partial charge is 0.261 e. The van der Waals surface area contributed by atoms with Crippen molar-refractivity contribution in [3.63, 3.8) is 0 Å². The molecule has 1 amide bonds. The summed E-state index contributed by atoms with van der Waals surface area (Å²) in [5.41, 5.74) is 4.77. The molecule has 0 radical (unpaired) electrons. The Morgan fingerprint density at radius 1 is 1.00 bits per heavy atom. The monoisotopic (exact) mass is 339 g/mol. The van der Waals surface area contributed by atoms with Crippen LogP contribution in [0.4, 0.5) is 0 Å². The van der Waals surface area contributed by atoms with Crippen molar-refractivity contribution in [2.75, 3.05) is 0 Å². The van der Waals surface area contributed by atoms with Crippen LogP contribution in [0.1, 0.15) is 55.0 Å². The first kappa shape index (κ1) is 19.0. The quantitative estimate of drug-likeness (QED) is 0.768. The van der Waals surface area contributed by atoms with E-state index in [0.29, 0.717) is 6.42 Å². The van der Waals surface area contributed by atoms with Crippen LogP contribution >= 0.6 is 0 Å². The van der Waals surface area contributed by atoms with E-state index >= 15 is 0 Å². The normalized spacial score (nSPS) is 13.2. The van der Waals surface area contributed by atoms with Gasteiger partial charge in [0.1, 0.15) is 5.75 Å². The van der Waals surface area contributed by atoms with Crippen LogP contribution in [0.25, 0.3) is 0 Å². The second-order valence-corrected chi connectivity index (χ2v) is 6.64. The van der Waals surface area contributed by atoms with Gasteiger partial charge in [0.15, 0.2) is 6.10 Å². The van der Waals surface area contributed by atoms with E-state index in [1.807, 2.05) is 38.1 Å². The minimum atomic E-state index is -0.484. The van der Waals surface area contributed by atoms with Crippen LogP contribution in [-0.2, 0) is 4.79 Å². The van der Waals surface area contributed by atoms with Gasteiger partial charge in [-0.2, -0.15) is 0 Å². The van der Waals surface area contributed by atoms with Gasteiger partial charge >= 0.3 is 0 Å². The number of amides is 1. The first-order valence-electron chi connectivity index (χ1n) is 9.05. The minimum Gasteiger partial charge on any atom is -0.481 e. The van der Waals surface area contributed by atoms with Gasteiger partial charge in [-0.3, -0.25) is 4.79 Å². The van der Waals surface area contributed by atoms with Crippen molar-refractivity contribution in [3.05, 3.63) is 64.7 Å². The average Bonchev–Trinajstić information content (AvgIpc) is 2.60. The Labute approximate surface area is 151 Å². The maximum Gasteiger partial charge on any atom is 0.261 e. The summed E-state index contributed by atoms with van der Waals surface area (Å²) < 4.78 is 5.92. The molecule has 0 aliphatic rings. The molecule has 1 N–H and O–H groups in total. The Bertz CT molecular complexity index is 724. The second-order valence-electron chi connectivity index (χ2n) is 6.64. The molecule has 0 saturated heterocycles. The van der Waals surface area contributed by atoms with Crippen LogP contribution in [-0.4, -0.2) is 12.0 Å². The number of aryl methyl sites for hydroxylation is 3. The Morgan fingerprint density at radius 2 is 1.76 bits per heavy atom. The van der Waals surface area contributed by atoms with E-state index in [-0.39, 0.29) is 11.9 Å². The standard InChI is InChI=1S/C22H29NO2/c1-6-20(18-12-11-16(4)17(5)14-18)23-22(24)21(7-2)25-19-10-8-9-15(3)13-19/h8-14,20-21H,6-7H2,1-5H3,(H,23,24)/t20-,21+/m0/s1. The van der Waals surface area contributed by atoms with Gasteiger partial charge in [0.25, 0.3) is 5.91 Å². The third-order valence-corrected chi connectivity index (χ3v) is 4.59. The molecule has 0 unspecified atom stereocenters. The van der Waals surface area contributed by atoms with Gasteiger partial charge in [-0.15, -0.1) is 0 Å². The lowest BCUT2D eigenvalue weighted by Crippen LogP contribution is -2.40. The van der Waals surface area contributed by atoms with Crippen LogP contribution in [0.5, 0.6) is 5.75 Å². The van der Waals surface area contributed by atoms with E-state index in [1.54, 1.807) is 0 Å². The van der Waals surface area contributed by atoms with Crippen LogP contribution in [0, 0.1) is 20.8 Å². The first-order valence-corrected chi connectivity index (χ1v) is 9.05. The summed E-state index contributed by atoms with van der Waals surface area (Å²) in [6, 6.07) is 14.2. The minimum absolute atomic E-state index is 0.00181. The SMILES string of the molecule is CC[C@H](NC(=O)[C@@H](CC)Oc1cccc(C)c1)c1ccc(C)c(C)c1. The third-order valence-electron chi connectivity index (χ3n) is 4.59. The Kier molecular flexibility index (Phi) is 6.63. The average molecular weight is 339 g/mol. The van der Waals surface area contributed by atoms with Crippen molar-refractivity contribution in [2.24, 2.45) is 0 Å². The summed E-state index contributed by atoms with van der Waals surface area (Å²) in [5, 5.41) is 3.15. The number of nitrogens with one attached hydrogen (secondary N) is 1. The highest BCUT2D eigenvalue weighted by atomic mass is 16.5. The molecule has 134 valence electrons. The summed E-state index contributed by atoms with van der Waals surface area (Å²) >= 11 is 0. The highest BCUT2D eigenvalue weighted by molar-refractivity contribution is 5.81. The van der Waals surface area contributed by atoms with Crippen molar-refractivity contribution in [1.82, 2.24) is 5.32 Å². The highest BCUT2D eigenvalue weighted by Crippen LogP contribution is 2.21. The first-order chi connectivity index (χ1) is 11.9. The summed E-state index contributed by atoms with van der Waals surface area (Å²) in [7, 11) is 0. The fraction of sp³-hybridized carbons (Fsp3) is 0.409. The number of rotatable bonds is 7. The van der Waals surface area contributed by atoms with Crippen molar-refractivity contribution < 1.29 is 9.53 Å². The molecule has 2 atom stereocenters. The summed E-state index contributed by atoms with van der Waals surface area (Å²) in [6.45, 7) is 10.3. The molecule has 2 aromatic rings. The number of benzene rings is 2. The van der Waals surface area contributed by atoms with Crippen molar-refractivity contribution in [3.8, 4) is 5.75 Å². The number of ether oxygens (including phenoxy) is 1. The number of hydrogen-bond acceptors (Lipinski definition) is 2. The van der Waals surface area contributed by atoms with E-state index in [0.717, 1.165) is 23.3 Å². The van der Waals surface area contributed by atoms with Gasteiger partial charge in [-0.25, -0.2) is 0 Å². The second kappa shape index (κ2) is 8.70. The Morgan fingerprint density at radius 3 is 2.36 bits per heavy atom. The fourth-order valence-corrected chi connectivity index (χ4v) is 2.84. The molecule has 0 spiro atoms. The van der Waals surface area contributed by atoms with Crippen molar-refractivity contribution in [2.45, 2.75) is 59.6 Å². The van der Waals surface area contributed by atoms with Gasteiger partial charge in [-0.05, 0) is 68.0 Å². The van der Waals surface area contributed by atoms with Gasteiger partial charge in [0, 0.05) is 0 Å². The molecule has 0 aliphatic carbocycles. The Balaban J connectivity index is 2.09. The van der Waals surface area contributed by atoms with Crippen LogP contribution in [0.15, 0.2) is 42.5 Å². The van der Waals surface area contributed by atoms with Crippen LogP contribution < -0.4 is 10.1 Å². The van der Waals surface area contributed by atoms with Crippen LogP contribution in [0.2, 0.25) is 0 Å². The zero-order chi connectivity index (χ0) is 18.4. The summed E-state index contributed by atoms with van der Waals surface area (Å²) in [5.74, 6) is 0.676. The van der Waals surface area contributed by atoms with Crippen molar-refractivity contribution in [1.29, 1.82) is 0 Å². The zero-order valence-corrected chi connectivity index (χ0v) is 15.9. The zero-order valence-electron chi connectivity index (χ0n) is 15.9. The molecule has 3 heteroatoms. The molecule has 2 aromatic carbocycles. The van der Waals surface area contributed by atoms with E-state index in [1.165, 1.54) is 11.1 Å². The van der Waals surface area contributed by atoms with Gasteiger partial charge in [-0.1, -0.05) is 44.2 Å². The summed E-state index contributed by atoms with van der Waals surface area (Å²) in [6.07, 6.45) is 0.987. The maximum atomic E-state index is 12.7. The molecular weight excluding hydrogens is 310 g/mol. The number of carbonyl (C=O) groups excluding carboxylic acids is 1. The molecule has 2 rings (SSSR count). The fourth-order valence-electron chi connectivity index (χ4n) is 2.84. The van der Waals surface area contributed by atoms with Gasteiger partial charge in [0.2, 0.25) is 0 Å². The molecule has 25 heavy (non-hydrogen) atoms. The largest absolute Gasteiger partial charge is 0.481 e. The van der Waals surface area contributed by atoms with E-state index in [9.17, 15) is 4.79 Å². The lowest BCUT2D eigenvalue weighted by Gasteiger charge is -2.23. The number of carbonyl (C=O) groups is 1. The van der Waals surface area contributed by atoms with Crippen molar-refractivity contribution >= 4 is 5.91 Å². The Hall–Kier alpha value is -2.29. The van der Waals surface area contributed by atoms with E-state index in [2.05, 4.69) is 44.3 Å². The highest BCUT2D eigenvalue weighted by Gasteiger charge is 2.22. The topological polar surface area (TPSA) is 38.3 Å². The molecular formula is C22H29NO2.